The summed E-state index contributed by atoms with van der Waals surface area (Å²) >= 11 is 0. The van der Waals surface area contributed by atoms with Crippen molar-refractivity contribution in [1.82, 2.24) is 10.2 Å². The molecular weight excluding hydrogens is 276 g/mol. The third-order valence-electron chi connectivity index (χ3n) is 4.24. The molecule has 0 radical (unpaired) electrons. The molecule has 1 aliphatic heterocycles. The van der Waals surface area contributed by atoms with E-state index < -0.39 is 0 Å². The van der Waals surface area contributed by atoms with Crippen molar-refractivity contribution >= 4 is 5.91 Å². The number of aliphatic hydroxyl groups is 1. The minimum atomic E-state index is 0.0740. The minimum absolute atomic E-state index is 0.0740. The molecule has 122 valence electrons. The fourth-order valence-corrected chi connectivity index (χ4v) is 3.08. The van der Waals surface area contributed by atoms with E-state index in [4.69, 9.17) is 0 Å². The molecule has 0 bridgehead atoms. The van der Waals surface area contributed by atoms with Gasteiger partial charge in [-0.05, 0) is 36.8 Å². The van der Waals surface area contributed by atoms with Crippen LogP contribution in [-0.2, 0) is 4.79 Å². The van der Waals surface area contributed by atoms with Crippen LogP contribution in [0.15, 0.2) is 30.3 Å². The third kappa shape index (κ3) is 5.11. The van der Waals surface area contributed by atoms with Gasteiger partial charge in [-0.1, -0.05) is 44.2 Å². The molecular formula is C18H28N2O2. The fourth-order valence-electron chi connectivity index (χ4n) is 3.08. The van der Waals surface area contributed by atoms with Crippen LogP contribution in [0.2, 0.25) is 0 Å². The lowest BCUT2D eigenvalue weighted by atomic mass is 9.97. The first-order chi connectivity index (χ1) is 10.6. The Morgan fingerprint density at radius 3 is 2.68 bits per heavy atom. The maximum absolute atomic E-state index is 12.3. The van der Waals surface area contributed by atoms with Gasteiger partial charge in [0.15, 0.2) is 0 Å². The second-order valence-electron chi connectivity index (χ2n) is 6.73. The van der Waals surface area contributed by atoms with E-state index in [0.717, 1.165) is 25.9 Å². The number of rotatable bonds is 7. The summed E-state index contributed by atoms with van der Waals surface area (Å²) in [5.41, 5.74) is 1.17. The van der Waals surface area contributed by atoms with Crippen molar-refractivity contribution in [2.75, 3.05) is 26.2 Å². The van der Waals surface area contributed by atoms with Crippen molar-refractivity contribution in [1.29, 1.82) is 0 Å². The number of hydrogen-bond acceptors (Lipinski definition) is 3. The molecule has 0 saturated carbocycles. The monoisotopic (exact) mass is 304 g/mol. The molecule has 2 N–H and O–H groups in total. The number of likely N-dealkylation sites (tertiary alicyclic amines) is 1. The largest absolute Gasteiger partial charge is 0.396 e. The van der Waals surface area contributed by atoms with Gasteiger partial charge in [0.25, 0.3) is 0 Å². The molecule has 2 atom stereocenters. The lowest BCUT2D eigenvalue weighted by Gasteiger charge is -2.23. The molecule has 4 heteroatoms. The highest BCUT2D eigenvalue weighted by atomic mass is 16.3. The van der Waals surface area contributed by atoms with Gasteiger partial charge in [0.1, 0.15) is 0 Å². The van der Waals surface area contributed by atoms with Crippen molar-refractivity contribution in [3.63, 3.8) is 0 Å². The smallest absolute Gasteiger partial charge is 0.234 e. The molecule has 2 rings (SSSR count). The van der Waals surface area contributed by atoms with Crippen LogP contribution in [0.4, 0.5) is 0 Å². The van der Waals surface area contributed by atoms with Crippen LogP contribution in [0.5, 0.6) is 0 Å². The van der Waals surface area contributed by atoms with Gasteiger partial charge >= 0.3 is 0 Å². The Morgan fingerprint density at radius 1 is 1.36 bits per heavy atom. The first-order valence-electron chi connectivity index (χ1n) is 8.26. The summed E-state index contributed by atoms with van der Waals surface area (Å²) in [4.78, 5) is 14.5. The van der Waals surface area contributed by atoms with E-state index in [1.54, 1.807) is 0 Å². The Bertz CT molecular complexity index is 461. The Balaban J connectivity index is 1.91. The SMILES string of the molecule is CC(C)CC(NC(=O)CN1CCC(CO)C1)c1ccccc1. The summed E-state index contributed by atoms with van der Waals surface area (Å²) in [5, 5.41) is 12.4. The van der Waals surface area contributed by atoms with Gasteiger partial charge in [-0.3, -0.25) is 9.69 Å². The maximum atomic E-state index is 12.3. The number of hydrogen-bond donors (Lipinski definition) is 2. The van der Waals surface area contributed by atoms with Crippen molar-refractivity contribution in [3.05, 3.63) is 35.9 Å². The topological polar surface area (TPSA) is 52.6 Å². The van der Waals surface area contributed by atoms with Crippen LogP contribution in [0, 0.1) is 11.8 Å². The summed E-state index contributed by atoms with van der Waals surface area (Å²) < 4.78 is 0. The van der Waals surface area contributed by atoms with E-state index in [0.29, 0.717) is 18.4 Å². The highest BCUT2D eigenvalue weighted by Gasteiger charge is 2.24. The van der Waals surface area contributed by atoms with Crippen LogP contribution in [0.3, 0.4) is 0 Å². The zero-order chi connectivity index (χ0) is 15.9. The highest BCUT2D eigenvalue weighted by molar-refractivity contribution is 5.78. The van der Waals surface area contributed by atoms with E-state index in [1.165, 1.54) is 5.56 Å². The van der Waals surface area contributed by atoms with Gasteiger partial charge in [-0.2, -0.15) is 0 Å². The number of nitrogens with zero attached hydrogens (tertiary/aromatic N) is 1. The molecule has 0 spiro atoms. The number of nitrogens with one attached hydrogen (secondary N) is 1. The molecule has 4 nitrogen and oxygen atoms in total. The normalized spacial score (nSPS) is 20.3. The van der Waals surface area contributed by atoms with E-state index in [-0.39, 0.29) is 18.6 Å². The van der Waals surface area contributed by atoms with Gasteiger partial charge in [-0.25, -0.2) is 0 Å². The molecule has 0 aliphatic carbocycles. The van der Waals surface area contributed by atoms with Crippen molar-refractivity contribution in [3.8, 4) is 0 Å². The van der Waals surface area contributed by atoms with Crippen molar-refractivity contribution < 1.29 is 9.90 Å². The molecule has 1 aromatic carbocycles. The fraction of sp³-hybridized carbons (Fsp3) is 0.611. The second kappa shape index (κ2) is 8.30. The molecule has 1 saturated heterocycles. The Kier molecular flexibility index (Phi) is 6.40. The molecule has 2 unspecified atom stereocenters. The predicted molar refractivity (Wildman–Crippen MR) is 88.4 cm³/mol. The lowest BCUT2D eigenvalue weighted by molar-refractivity contribution is -0.122. The van der Waals surface area contributed by atoms with E-state index >= 15 is 0 Å². The molecule has 1 aliphatic rings. The molecule has 1 fully saturated rings. The third-order valence-corrected chi connectivity index (χ3v) is 4.24. The second-order valence-corrected chi connectivity index (χ2v) is 6.73. The van der Waals surface area contributed by atoms with Gasteiger partial charge in [0.05, 0.1) is 12.6 Å². The average molecular weight is 304 g/mol. The standard InChI is InChI=1S/C18H28N2O2/c1-14(2)10-17(16-6-4-3-5-7-16)19-18(22)12-20-9-8-15(11-20)13-21/h3-7,14-15,17,21H,8-13H2,1-2H3,(H,19,22). The Morgan fingerprint density at radius 2 is 2.09 bits per heavy atom. The molecule has 22 heavy (non-hydrogen) atoms. The number of carbonyl (C=O) groups is 1. The van der Waals surface area contributed by atoms with Crippen LogP contribution in [-0.4, -0.2) is 42.2 Å². The number of benzene rings is 1. The maximum Gasteiger partial charge on any atom is 0.234 e. The summed E-state index contributed by atoms with van der Waals surface area (Å²) in [6.07, 6.45) is 1.92. The molecule has 1 heterocycles. The first-order valence-corrected chi connectivity index (χ1v) is 8.26. The summed E-state index contributed by atoms with van der Waals surface area (Å²) in [7, 11) is 0. The summed E-state index contributed by atoms with van der Waals surface area (Å²) in [6.45, 7) is 6.72. The zero-order valence-electron chi connectivity index (χ0n) is 13.7. The van der Waals surface area contributed by atoms with Crippen LogP contribution in [0.25, 0.3) is 0 Å². The van der Waals surface area contributed by atoms with Gasteiger partial charge in [-0.15, -0.1) is 0 Å². The van der Waals surface area contributed by atoms with E-state index in [1.807, 2.05) is 18.2 Å². The van der Waals surface area contributed by atoms with Crippen LogP contribution >= 0.6 is 0 Å². The molecule has 0 aromatic heterocycles. The van der Waals surface area contributed by atoms with Gasteiger partial charge in [0, 0.05) is 13.2 Å². The van der Waals surface area contributed by atoms with Gasteiger partial charge in [0.2, 0.25) is 5.91 Å². The van der Waals surface area contributed by atoms with Crippen LogP contribution < -0.4 is 5.32 Å². The number of carbonyl (C=O) groups excluding carboxylic acids is 1. The van der Waals surface area contributed by atoms with E-state index in [9.17, 15) is 9.90 Å². The Labute approximate surface area is 133 Å². The van der Waals surface area contributed by atoms with Crippen LogP contribution in [0.1, 0.15) is 38.3 Å². The lowest BCUT2D eigenvalue weighted by Crippen LogP contribution is -2.38. The zero-order valence-corrected chi connectivity index (χ0v) is 13.7. The average Bonchev–Trinajstić information content (AvgIpc) is 2.94. The predicted octanol–water partition coefficient (Wildman–Crippen LogP) is 2.20. The number of amides is 1. The van der Waals surface area contributed by atoms with Crippen molar-refractivity contribution in [2.24, 2.45) is 11.8 Å². The quantitative estimate of drug-likeness (QED) is 0.812. The van der Waals surface area contributed by atoms with Crippen molar-refractivity contribution in [2.45, 2.75) is 32.7 Å². The summed E-state index contributed by atoms with van der Waals surface area (Å²) in [6, 6.07) is 10.2. The van der Waals surface area contributed by atoms with Gasteiger partial charge < -0.3 is 10.4 Å². The Hall–Kier alpha value is -1.39. The first kappa shape index (κ1) is 17.0. The number of aliphatic hydroxyl groups excluding tert-OH is 1. The minimum Gasteiger partial charge on any atom is -0.396 e. The molecule has 1 amide bonds. The molecule has 1 aromatic rings. The highest BCUT2D eigenvalue weighted by Crippen LogP contribution is 2.21. The summed E-state index contributed by atoms with van der Waals surface area (Å²) in [5.74, 6) is 0.928. The van der Waals surface area contributed by atoms with E-state index in [2.05, 4.69) is 36.2 Å².